The fourth-order valence-electron chi connectivity index (χ4n) is 6.96. The standard InChI is InChI=1S/C46H48O4S2/c1-10-45(11-2,49-8)24-22-36-38-26-31-16-14-15-17-32(31)27-39(38)37(23-25-46(12-3,13-4)50-9)41-30-42-33(28-40(36)41)29-43(51-42)52(47,48)35-20-18-34(19-21-35)44(5,6)7/h14-21,26-30H,10-13H2,1-9H3. The van der Waals surface area contributed by atoms with E-state index in [1.54, 1.807) is 32.4 Å². The van der Waals surface area contributed by atoms with Crippen molar-refractivity contribution in [3.8, 4) is 23.7 Å². The van der Waals surface area contributed by atoms with E-state index >= 15 is 0 Å². The fraction of sp³-hybridized carbons (Fsp3) is 0.348. The number of methoxy groups -OCH3 is 2. The molecule has 6 heteroatoms. The maximum Gasteiger partial charge on any atom is 0.215 e. The predicted octanol–water partition coefficient (Wildman–Crippen LogP) is 11.6. The van der Waals surface area contributed by atoms with Crippen molar-refractivity contribution in [3.63, 3.8) is 0 Å². The van der Waals surface area contributed by atoms with Crippen molar-refractivity contribution >= 4 is 63.6 Å². The molecule has 1 heterocycles. The minimum Gasteiger partial charge on any atom is -0.366 e. The molecular formula is C46H48O4S2. The van der Waals surface area contributed by atoms with E-state index in [0.29, 0.717) is 4.21 Å². The summed E-state index contributed by atoms with van der Waals surface area (Å²) in [6.07, 6.45) is 2.98. The molecule has 0 aliphatic carbocycles. The topological polar surface area (TPSA) is 52.6 Å². The lowest BCUT2D eigenvalue weighted by molar-refractivity contribution is 0.0344. The molecule has 0 spiro atoms. The quantitative estimate of drug-likeness (QED) is 0.116. The first-order valence-corrected chi connectivity index (χ1v) is 20.5. The molecular weight excluding hydrogens is 681 g/mol. The summed E-state index contributed by atoms with van der Waals surface area (Å²) in [5.41, 5.74) is 1.58. The Balaban J connectivity index is 1.72. The zero-order valence-electron chi connectivity index (χ0n) is 31.8. The van der Waals surface area contributed by atoms with Crippen molar-refractivity contribution in [2.45, 2.75) is 99.9 Å². The van der Waals surface area contributed by atoms with Gasteiger partial charge in [-0.1, -0.05) is 109 Å². The highest BCUT2D eigenvalue weighted by atomic mass is 32.2. The van der Waals surface area contributed by atoms with Gasteiger partial charge in [-0.05, 0) is 111 Å². The van der Waals surface area contributed by atoms with Crippen LogP contribution in [0.3, 0.4) is 0 Å². The second-order valence-electron chi connectivity index (χ2n) is 14.6. The third-order valence-electron chi connectivity index (χ3n) is 10.8. The molecule has 0 saturated carbocycles. The average molecular weight is 729 g/mol. The monoisotopic (exact) mass is 728 g/mol. The Bertz CT molecular complexity index is 2390. The van der Waals surface area contributed by atoms with Crippen LogP contribution in [0.15, 0.2) is 88.0 Å². The Kier molecular flexibility index (Phi) is 10.4. The van der Waals surface area contributed by atoms with Gasteiger partial charge in [-0.3, -0.25) is 0 Å². The number of benzene rings is 5. The lowest BCUT2D eigenvalue weighted by Gasteiger charge is -2.24. The van der Waals surface area contributed by atoms with Gasteiger partial charge in [0.2, 0.25) is 9.84 Å². The van der Waals surface area contributed by atoms with E-state index in [2.05, 4.69) is 115 Å². The Morgan fingerprint density at radius 2 is 1.06 bits per heavy atom. The van der Waals surface area contributed by atoms with Gasteiger partial charge in [0.05, 0.1) is 4.90 Å². The van der Waals surface area contributed by atoms with Gasteiger partial charge < -0.3 is 9.47 Å². The largest absolute Gasteiger partial charge is 0.366 e. The van der Waals surface area contributed by atoms with Crippen LogP contribution in [-0.4, -0.2) is 33.8 Å². The van der Waals surface area contributed by atoms with Crippen LogP contribution in [0.2, 0.25) is 0 Å². The van der Waals surface area contributed by atoms with Gasteiger partial charge in [-0.25, -0.2) is 8.42 Å². The number of sulfone groups is 1. The Morgan fingerprint density at radius 1 is 0.615 bits per heavy atom. The molecule has 0 N–H and O–H groups in total. The SMILES string of the molecule is CCC(C#Cc1c2cc3ccccc3cc2c(C#CC(CC)(CC)OC)c2cc3sc(S(=O)(=O)c4ccc(C(C)(C)C)cc4)cc3cc12)(CC)OC. The summed E-state index contributed by atoms with van der Waals surface area (Å²) in [6.45, 7) is 14.8. The molecule has 5 aromatic carbocycles. The minimum atomic E-state index is -3.76. The summed E-state index contributed by atoms with van der Waals surface area (Å²) in [6, 6.07) is 26.1. The number of hydrogen-bond donors (Lipinski definition) is 0. The van der Waals surface area contributed by atoms with Crippen molar-refractivity contribution < 1.29 is 17.9 Å². The molecule has 0 saturated heterocycles. The summed E-state index contributed by atoms with van der Waals surface area (Å²) in [7, 11) is -0.310. The van der Waals surface area contributed by atoms with E-state index in [0.717, 1.165) is 84.8 Å². The molecule has 0 aliphatic heterocycles. The molecule has 0 unspecified atom stereocenters. The fourth-order valence-corrected chi connectivity index (χ4v) is 9.78. The third-order valence-corrected chi connectivity index (χ3v) is 14.1. The molecule has 0 fully saturated rings. The summed E-state index contributed by atoms with van der Waals surface area (Å²) < 4.78 is 41.3. The third kappa shape index (κ3) is 6.75. The van der Waals surface area contributed by atoms with Crippen LogP contribution in [0.1, 0.15) is 90.8 Å². The number of rotatable bonds is 8. The van der Waals surface area contributed by atoms with Crippen LogP contribution in [0.4, 0.5) is 0 Å². The van der Waals surface area contributed by atoms with Crippen LogP contribution in [0, 0.1) is 23.7 Å². The first-order valence-electron chi connectivity index (χ1n) is 18.2. The zero-order chi connectivity index (χ0) is 37.5. The Hall–Kier alpha value is -4.17. The van der Waals surface area contributed by atoms with Gasteiger partial charge >= 0.3 is 0 Å². The maximum absolute atomic E-state index is 14.1. The van der Waals surface area contributed by atoms with Crippen molar-refractivity contribution in [1.82, 2.24) is 0 Å². The number of hydrogen-bond acceptors (Lipinski definition) is 5. The first kappa shape index (κ1) is 37.6. The second-order valence-corrected chi connectivity index (χ2v) is 17.8. The smallest absolute Gasteiger partial charge is 0.215 e. The van der Waals surface area contributed by atoms with Crippen molar-refractivity contribution in [2.75, 3.05) is 14.2 Å². The molecule has 6 rings (SSSR count). The van der Waals surface area contributed by atoms with Crippen molar-refractivity contribution in [2.24, 2.45) is 0 Å². The Labute approximate surface area is 313 Å². The molecule has 0 amide bonds. The second kappa shape index (κ2) is 14.3. The average Bonchev–Trinajstić information content (AvgIpc) is 3.59. The van der Waals surface area contributed by atoms with Gasteiger partial charge in [-0.2, -0.15) is 0 Å². The van der Waals surface area contributed by atoms with E-state index in [1.807, 2.05) is 18.2 Å². The molecule has 0 aliphatic rings. The van der Waals surface area contributed by atoms with Crippen LogP contribution in [0.5, 0.6) is 0 Å². The lowest BCUT2D eigenvalue weighted by Crippen LogP contribution is -2.27. The number of thiophene rings is 1. The molecule has 1 aromatic heterocycles. The molecule has 6 aromatic rings. The van der Waals surface area contributed by atoms with E-state index in [9.17, 15) is 8.42 Å². The molecule has 268 valence electrons. The molecule has 52 heavy (non-hydrogen) atoms. The van der Waals surface area contributed by atoms with Gasteiger partial charge in [0.25, 0.3) is 0 Å². The van der Waals surface area contributed by atoms with Crippen LogP contribution >= 0.6 is 11.3 Å². The zero-order valence-corrected chi connectivity index (χ0v) is 33.4. The normalized spacial score (nSPS) is 12.6. The summed E-state index contributed by atoms with van der Waals surface area (Å²) in [4.78, 5) is 0.289. The summed E-state index contributed by atoms with van der Waals surface area (Å²) >= 11 is 1.29. The van der Waals surface area contributed by atoms with Gasteiger partial charge in [0.15, 0.2) is 0 Å². The van der Waals surface area contributed by atoms with Crippen LogP contribution in [-0.2, 0) is 24.7 Å². The molecule has 0 atom stereocenters. The molecule has 0 radical (unpaired) electrons. The van der Waals surface area contributed by atoms with E-state index in [1.165, 1.54) is 11.3 Å². The van der Waals surface area contributed by atoms with E-state index in [-0.39, 0.29) is 10.3 Å². The van der Waals surface area contributed by atoms with E-state index in [4.69, 9.17) is 9.47 Å². The highest BCUT2D eigenvalue weighted by molar-refractivity contribution is 7.93. The highest BCUT2D eigenvalue weighted by Gasteiger charge is 2.26. The lowest BCUT2D eigenvalue weighted by atomic mass is 9.87. The number of fused-ring (bicyclic) bond motifs is 4. The van der Waals surface area contributed by atoms with Crippen LogP contribution in [0.25, 0.3) is 42.4 Å². The van der Waals surface area contributed by atoms with Crippen LogP contribution < -0.4 is 0 Å². The molecule has 4 nitrogen and oxygen atoms in total. The van der Waals surface area contributed by atoms with Gasteiger partial charge in [0.1, 0.15) is 15.4 Å². The predicted molar refractivity (Wildman–Crippen MR) is 219 cm³/mol. The van der Waals surface area contributed by atoms with Gasteiger partial charge in [0, 0.05) is 35.4 Å². The summed E-state index contributed by atoms with van der Waals surface area (Å²) in [5, 5.41) is 6.92. The van der Waals surface area contributed by atoms with Crippen molar-refractivity contribution in [1.29, 1.82) is 0 Å². The maximum atomic E-state index is 14.1. The minimum absolute atomic E-state index is 0.0784. The highest BCUT2D eigenvalue weighted by Crippen LogP contribution is 2.41. The van der Waals surface area contributed by atoms with Gasteiger partial charge in [-0.15, -0.1) is 11.3 Å². The first-order chi connectivity index (χ1) is 24.8. The number of ether oxygens (including phenoxy) is 2. The summed E-state index contributed by atoms with van der Waals surface area (Å²) in [5.74, 6) is 14.3. The molecule has 0 bridgehead atoms. The van der Waals surface area contributed by atoms with Crippen molar-refractivity contribution in [3.05, 3.63) is 95.6 Å². The van der Waals surface area contributed by atoms with E-state index < -0.39 is 21.0 Å². The Morgan fingerprint density at radius 3 is 1.48 bits per heavy atom.